The summed E-state index contributed by atoms with van der Waals surface area (Å²) in [5.41, 5.74) is 2.88. The predicted octanol–water partition coefficient (Wildman–Crippen LogP) is 8.82. The lowest BCUT2D eigenvalue weighted by Gasteiger charge is -2.27. The van der Waals surface area contributed by atoms with Crippen LogP contribution < -0.4 is 16.0 Å². The zero-order valence-electron chi connectivity index (χ0n) is 57.2. The first-order chi connectivity index (χ1) is 46.3. The minimum absolute atomic E-state index is 0.0516. The molecule has 1 aliphatic heterocycles. The average molecular weight is 1400 g/mol. The molecule has 3 N–H and O–H groups in total. The highest BCUT2D eigenvalue weighted by Crippen LogP contribution is 2.59. The van der Waals surface area contributed by atoms with Crippen LogP contribution in [0.5, 0.6) is 0 Å². The number of anilines is 1. The number of methoxy groups -OCH3 is 2. The van der Waals surface area contributed by atoms with Crippen molar-refractivity contribution >= 4 is 85.6 Å². The number of nitrogens with one attached hydrogen (secondary N) is 3. The number of unbranched alkanes of at least 4 members (excludes halogenated alkanes) is 13. The Morgan fingerprint density at radius 2 is 1.31 bits per heavy atom. The van der Waals surface area contributed by atoms with Crippen LogP contribution in [0.2, 0.25) is 0 Å². The van der Waals surface area contributed by atoms with Crippen LogP contribution in [0.4, 0.5) is 5.82 Å². The molecular formula is C70H101BrN10O15. The maximum absolute atomic E-state index is 14.2. The molecule has 0 radical (unpaired) electrons. The number of ketones is 3. The Morgan fingerprint density at radius 3 is 1.96 bits per heavy atom. The van der Waals surface area contributed by atoms with E-state index in [0.717, 1.165) is 56.1 Å². The van der Waals surface area contributed by atoms with Crippen molar-refractivity contribution in [2.45, 2.75) is 199 Å². The topological polar surface area (TPSA) is 308 Å². The van der Waals surface area contributed by atoms with Gasteiger partial charge in [-0.05, 0) is 97.7 Å². The molecule has 4 heterocycles. The molecule has 0 unspecified atom stereocenters. The van der Waals surface area contributed by atoms with E-state index in [1.54, 1.807) is 23.4 Å². The number of amides is 4. The van der Waals surface area contributed by atoms with E-state index in [1.165, 1.54) is 77.2 Å². The smallest absolute Gasteiger partial charge is 0.328 e. The average Bonchev–Trinajstić information content (AvgIpc) is 1.55. The molecule has 0 bridgehead atoms. The van der Waals surface area contributed by atoms with Crippen LogP contribution in [0, 0.1) is 5.41 Å². The Labute approximate surface area is 572 Å². The van der Waals surface area contributed by atoms with Gasteiger partial charge in [-0.1, -0.05) is 96.1 Å². The highest BCUT2D eigenvalue weighted by molar-refractivity contribution is 9.10. The van der Waals surface area contributed by atoms with Crippen molar-refractivity contribution in [3.05, 3.63) is 64.4 Å². The first-order valence-corrected chi connectivity index (χ1v) is 34.9. The second kappa shape index (κ2) is 42.0. The van der Waals surface area contributed by atoms with Crippen molar-refractivity contribution in [3.8, 4) is 11.1 Å². The normalized spacial score (nSPS) is 15.9. The zero-order valence-corrected chi connectivity index (χ0v) is 58.7. The molecule has 26 heteroatoms. The fourth-order valence-corrected chi connectivity index (χ4v) is 12.2. The summed E-state index contributed by atoms with van der Waals surface area (Å²) in [6, 6.07) is 7.54. The predicted molar refractivity (Wildman–Crippen MR) is 363 cm³/mol. The number of aromatic nitrogens is 5. The summed E-state index contributed by atoms with van der Waals surface area (Å²) in [5, 5.41) is 13.6. The molecule has 25 nitrogen and oxygen atoms in total. The highest BCUT2D eigenvalue weighted by Gasteiger charge is 2.64. The molecular weight excluding hydrogens is 1300 g/mol. The van der Waals surface area contributed by atoms with E-state index in [2.05, 4.69) is 63.6 Å². The second-order valence-corrected chi connectivity index (χ2v) is 26.3. The van der Waals surface area contributed by atoms with Gasteiger partial charge in [-0.3, -0.25) is 43.0 Å². The molecule has 1 saturated carbocycles. The number of hydrogen-bond acceptors (Lipinski definition) is 20. The third kappa shape index (κ3) is 27.1. The van der Waals surface area contributed by atoms with Crippen LogP contribution in [-0.4, -0.2) is 193 Å². The molecule has 2 aliphatic rings. The molecule has 3 aromatic heterocycles. The van der Waals surface area contributed by atoms with Crippen molar-refractivity contribution in [2.24, 2.45) is 5.41 Å². The number of esters is 2. The molecule has 2 fully saturated rings. The van der Waals surface area contributed by atoms with E-state index in [0.29, 0.717) is 78.0 Å². The van der Waals surface area contributed by atoms with Crippen molar-refractivity contribution in [1.29, 1.82) is 0 Å². The number of likely N-dealkylation sites (tertiary alicyclic amines) is 1. The number of piperidine rings is 1. The molecule has 4 amide bonds. The van der Waals surface area contributed by atoms with Gasteiger partial charge < -0.3 is 54.2 Å². The summed E-state index contributed by atoms with van der Waals surface area (Å²) in [6.45, 7) is 5.25. The summed E-state index contributed by atoms with van der Waals surface area (Å²) in [6.07, 6.45) is 22.6. The molecule has 528 valence electrons. The fourth-order valence-electron chi connectivity index (χ4n) is 11.8. The van der Waals surface area contributed by atoms with Gasteiger partial charge in [-0.15, -0.1) is 0 Å². The van der Waals surface area contributed by atoms with Gasteiger partial charge in [-0.25, -0.2) is 19.7 Å². The van der Waals surface area contributed by atoms with Gasteiger partial charge in [0.15, 0.2) is 11.6 Å². The van der Waals surface area contributed by atoms with Gasteiger partial charge >= 0.3 is 11.9 Å². The van der Waals surface area contributed by atoms with Gasteiger partial charge in [-0.2, -0.15) is 5.10 Å². The Kier molecular flexibility index (Phi) is 34.1. The number of hydrogen-bond donors (Lipinski definition) is 3. The lowest BCUT2D eigenvalue weighted by atomic mass is 10.0. The van der Waals surface area contributed by atoms with Crippen LogP contribution in [0.3, 0.4) is 0 Å². The minimum atomic E-state index is -0.881. The number of halogens is 1. The molecule has 1 saturated heterocycles. The van der Waals surface area contributed by atoms with Crippen LogP contribution in [0.1, 0.15) is 183 Å². The fraction of sp³-hybridized carbons (Fsp3) is 0.643. The van der Waals surface area contributed by atoms with Crippen molar-refractivity contribution in [3.63, 3.8) is 0 Å². The lowest BCUT2D eigenvalue weighted by Crippen LogP contribution is -2.47. The molecule has 1 aliphatic carbocycles. The Bertz CT molecular complexity index is 3180. The number of pyridine rings is 1. The Morgan fingerprint density at radius 1 is 0.677 bits per heavy atom. The number of aryl methyl sites for hydroxylation is 1. The summed E-state index contributed by atoms with van der Waals surface area (Å²) >= 11 is 3.42. The summed E-state index contributed by atoms with van der Waals surface area (Å²) in [7, 11) is 6.56. The monoisotopic (exact) mass is 1400 g/mol. The number of carbonyl (C=O) groups is 9. The van der Waals surface area contributed by atoms with E-state index in [9.17, 15) is 43.2 Å². The van der Waals surface area contributed by atoms with Crippen molar-refractivity contribution in [2.75, 3.05) is 93.0 Å². The van der Waals surface area contributed by atoms with E-state index >= 15 is 0 Å². The SMILES string of the molecule is COC(=O)CCCCCCCCCCCCCCCCC(=O)N[C@@H](CCC(=O)CCCOCCOCC(=O)NCCOCCOCC(=O)CCc1ncc(-c2ccc3c(c2)c(C(C)=O)nn3CC(=O)N2[C@H](C(=O)Nc3nc(Br)ccc3CN(C)C)C[C@@]3(C)C[C@@H]23)cn1)C(=O)OC. The number of carbonyl (C=O) groups excluding carboxylic acids is 9. The minimum Gasteiger partial charge on any atom is -0.469 e. The number of Topliss-reactive ketones (excluding diaryl/α,β-unsaturated/α-hetero) is 3. The van der Waals surface area contributed by atoms with E-state index in [-0.39, 0.29) is 149 Å². The van der Waals surface area contributed by atoms with E-state index in [1.807, 2.05) is 43.3 Å². The zero-order chi connectivity index (χ0) is 69.2. The molecule has 1 aromatic carbocycles. The number of ether oxygens (including phenoxy) is 6. The molecule has 4 atom stereocenters. The quantitative estimate of drug-likeness (QED) is 0.0161. The van der Waals surface area contributed by atoms with Gasteiger partial charge in [0.2, 0.25) is 23.6 Å². The Hall–Kier alpha value is -6.97. The van der Waals surface area contributed by atoms with E-state index in [4.69, 9.17) is 23.7 Å². The van der Waals surface area contributed by atoms with Gasteiger partial charge in [0.1, 0.15) is 59.6 Å². The van der Waals surface area contributed by atoms with Crippen molar-refractivity contribution in [1.82, 2.24) is 45.2 Å². The Balaban J connectivity index is 0.749. The van der Waals surface area contributed by atoms with Crippen LogP contribution in [0.25, 0.3) is 22.0 Å². The first kappa shape index (κ1) is 78.0. The number of nitrogens with zero attached hydrogens (tertiary/aromatic N) is 7. The molecule has 4 aromatic rings. The molecule has 96 heavy (non-hydrogen) atoms. The largest absolute Gasteiger partial charge is 0.469 e. The van der Waals surface area contributed by atoms with Crippen LogP contribution in [-0.2, 0) is 86.3 Å². The van der Waals surface area contributed by atoms with E-state index < -0.39 is 18.1 Å². The lowest BCUT2D eigenvalue weighted by molar-refractivity contribution is -0.145. The first-order valence-electron chi connectivity index (χ1n) is 34.1. The van der Waals surface area contributed by atoms with Crippen LogP contribution in [0.15, 0.2) is 47.3 Å². The molecule has 6 rings (SSSR count). The summed E-state index contributed by atoms with van der Waals surface area (Å²) in [5.74, 6) is -1.37. The number of fused-ring (bicyclic) bond motifs is 2. The maximum Gasteiger partial charge on any atom is 0.328 e. The van der Waals surface area contributed by atoms with Gasteiger partial charge in [0, 0.05) is 100 Å². The second-order valence-electron chi connectivity index (χ2n) is 25.5. The summed E-state index contributed by atoms with van der Waals surface area (Å²) in [4.78, 5) is 132. The number of rotatable bonds is 50. The highest BCUT2D eigenvalue weighted by atomic mass is 79.9. The third-order valence-corrected chi connectivity index (χ3v) is 17.7. The standard InChI is InChI=1S/C70H101BrN10O15/c1-49(82)66-55-40-50(25-30-57(55)80(78-66)46-64(87)81-58(41-70(2)42-59(70)81)68(89)77-67-51(45-79(3)4)26-31-60(71)76-67)52-43-73-61(74-44-52)32-28-54(84)47-95-38-37-94-35-33-72-63(86)48-96-39-36-93-34-21-22-53(83)27-29-56(69(90)92-6)75-62(85)23-19-17-15-13-11-9-7-8-10-12-14-16-18-20-24-65(88)91-5/h25-26,30-31,40,43-44,56,58-59H,7-24,27-29,32-39,41-42,45-48H2,1-6H3,(H,72,86)(H,75,85)(H,76,77,89)/t56-,58-,59+,70-/m0/s1. The summed E-state index contributed by atoms with van der Waals surface area (Å²) < 4.78 is 33.6. The van der Waals surface area contributed by atoms with Crippen molar-refractivity contribution < 1.29 is 71.6 Å². The van der Waals surface area contributed by atoms with Gasteiger partial charge in [0.05, 0.1) is 52.8 Å². The maximum atomic E-state index is 14.2. The third-order valence-electron chi connectivity index (χ3n) is 17.3. The number of benzene rings is 1. The van der Waals surface area contributed by atoms with Gasteiger partial charge in [0.25, 0.3) is 0 Å². The molecule has 0 spiro atoms. The van der Waals surface area contributed by atoms with Crippen LogP contribution >= 0.6 is 15.9 Å².